The number of rotatable bonds is 4. The number of alkyl halides is 1. The number of hydrogen-bond donors (Lipinski definition) is 1. The molecule has 0 unspecified atom stereocenters. The van der Waals surface area contributed by atoms with Gasteiger partial charge in [0.15, 0.2) is 9.84 Å². The average Bonchev–Trinajstić information content (AvgIpc) is 2.17. The van der Waals surface area contributed by atoms with Gasteiger partial charge in [0.25, 0.3) is 0 Å². The third-order valence-electron chi connectivity index (χ3n) is 1.86. The summed E-state index contributed by atoms with van der Waals surface area (Å²) in [4.78, 5) is 10.5. The molecule has 1 aromatic rings. The Morgan fingerprint density at radius 3 is 2.56 bits per heavy atom. The van der Waals surface area contributed by atoms with Crippen molar-refractivity contribution >= 4 is 31.7 Å². The average molecular weight is 311 g/mol. The molecular weight excluding hydrogens is 303 g/mol. The lowest BCUT2D eigenvalue weighted by molar-refractivity contribution is 0.0696. The van der Waals surface area contributed by atoms with Gasteiger partial charge in [-0.3, -0.25) is 0 Å². The fraction of sp³-hybridized carbons (Fsp3) is 0.222. The summed E-state index contributed by atoms with van der Waals surface area (Å²) in [6.07, 6.45) is 0. The predicted molar refractivity (Wildman–Crippen MR) is 59.1 cm³/mol. The first kappa shape index (κ1) is 13.1. The first-order valence-corrected chi connectivity index (χ1v) is 6.64. The van der Waals surface area contributed by atoms with Gasteiger partial charge in [0, 0.05) is 4.47 Å². The van der Waals surface area contributed by atoms with Crippen molar-refractivity contribution in [2.45, 2.75) is 4.90 Å². The molecule has 0 spiro atoms. The highest BCUT2D eigenvalue weighted by molar-refractivity contribution is 9.10. The summed E-state index contributed by atoms with van der Waals surface area (Å²) in [6.45, 7) is -1.01. The lowest BCUT2D eigenvalue weighted by Crippen LogP contribution is -2.10. The molecule has 0 aliphatic carbocycles. The summed E-state index contributed by atoms with van der Waals surface area (Å²) in [6, 6.07) is 3.59. The number of carboxylic acids is 1. The molecule has 0 atom stereocenters. The maximum atomic E-state index is 12.1. The fourth-order valence-corrected chi connectivity index (χ4v) is 3.17. The number of hydrogen-bond acceptors (Lipinski definition) is 3. The fourth-order valence-electron chi connectivity index (χ4n) is 1.09. The lowest BCUT2D eigenvalue weighted by atomic mass is 10.2. The highest BCUT2D eigenvalue weighted by Gasteiger charge is 2.19. The van der Waals surface area contributed by atoms with Crippen molar-refractivity contribution in [3.63, 3.8) is 0 Å². The maximum Gasteiger partial charge on any atom is 0.335 e. The van der Waals surface area contributed by atoms with Gasteiger partial charge in [-0.15, -0.1) is 0 Å². The number of carboxylic acid groups (broad SMARTS) is 1. The smallest absolute Gasteiger partial charge is 0.335 e. The van der Waals surface area contributed by atoms with Gasteiger partial charge in [0.1, 0.15) is 6.67 Å². The van der Waals surface area contributed by atoms with Gasteiger partial charge in [-0.05, 0) is 34.1 Å². The minimum absolute atomic E-state index is 0.152. The van der Waals surface area contributed by atoms with Crippen LogP contribution in [0.1, 0.15) is 10.4 Å². The molecule has 88 valence electrons. The van der Waals surface area contributed by atoms with Gasteiger partial charge in [0.2, 0.25) is 0 Å². The Morgan fingerprint density at radius 1 is 1.44 bits per heavy atom. The summed E-state index contributed by atoms with van der Waals surface area (Å²) >= 11 is 2.99. The molecule has 0 saturated heterocycles. The van der Waals surface area contributed by atoms with Crippen LogP contribution >= 0.6 is 15.9 Å². The Morgan fingerprint density at radius 2 is 2.06 bits per heavy atom. The van der Waals surface area contributed by atoms with Crippen molar-refractivity contribution in [3.05, 3.63) is 28.2 Å². The molecule has 0 aliphatic heterocycles. The molecular formula is C9H8BrFO4S. The van der Waals surface area contributed by atoms with Crippen LogP contribution in [0.15, 0.2) is 27.6 Å². The first-order chi connectivity index (χ1) is 7.38. The van der Waals surface area contributed by atoms with Crippen LogP contribution in [0.25, 0.3) is 0 Å². The molecule has 16 heavy (non-hydrogen) atoms. The van der Waals surface area contributed by atoms with E-state index in [9.17, 15) is 17.6 Å². The Bertz CT molecular complexity index is 512. The zero-order valence-corrected chi connectivity index (χ0v) is 10.4. The van der Waals surface area contributed by atoms with Crippen LogP contribution in [0, 0.1) is 0 Å². The van der Waals surface area contributed by atoms with Crippen molar-refractivity contribution in [2.75, 3.05) is 12.4 Å². The largest absolute Gasteiger partial charge is 0.478 e. The van der Waals surface area contributed by atoms with E-state index in [-0.39, 0.29) is 14.9 Å². The third kappa shape index (κ3) is 2.79. The molecule has 1 N–H and O–H groups in total. The topological polar surface area (TPSA) is 71.4 Å². The lowest BCUT2D eigenvalue weighted by Gasteiger charge is -2.05. The van der Waals surface area contributed by atoms with Gasteiger partial charge in [-0.1, -0.05) is 0 Å². The van der Waals surface area contributed by atoms with Crippen LogP contribution in [0.2, 0.25) is 0 Å². The predicted octanol–water partition coefficient (Wildman–Crippen LogP) is 1.89. The van der Waals surface area contributed by atoms with Gasteiger partial charge in [0.05, 0.1) is 16.2 Å². The van der Waals surface area contributed by atoms with Crippen LogP contribution in [-0.2, 0) is 9.84 Å². The minimum atomic E-state index is -3.78. The van der Waals surface area contributed by atoms with Crippen LogP contribution in [0.5, 0.6) is 0 Å². The number of carbonyl (C=O) groups is 1. The second-order valence-electron chi connectivity index (χ2n) is 2.96. The van der Waals surface area contributed by atoms with Crippen molar-refractivity contribution in [1.29, 1.82) is 0 Å². The van der Waals surface area contributed by atoms with Gasteiger partial charge >= 0.3 is 5.97 Å². The van der Waals surface area contributed by atoms with Gasteiger partial charge < -0.3 is 5.11 Å². The standard InChI is InChI=1S/C9H8BrFO4S/c10-7-2-1-6(9(12)13)5-8(7)16(14,15)4-3-11/h1-2,5H,3-4H2,(H,12,13). The third-order valence-corrected chi connectivity index (χ3v) is 4.51. The Hall–Kier alpha value is -0.950. The second-order valence-corrected chi connectivity index (χ2v) is 5.89. The van der Waals surface area contributed by atoms with E-state index in [2.05, 4.69) is 15.9 Å². The highest BCUT2D eigenvalue weighted by atomic mass is 79.9. The van der Waals surface area contributed by atoms with E-state index >= 15 is 0 Å². The highest BCUT2D eigenvalue weighted by Crippen LogP contribution is 2.24. The van der Waals surface area contributed by atoms with Crippen molar-refractivity contribution < 1.29 is 22.7 Å². The van der Waals surface area contributed by atoms with Crippen molar-refractivity contribution in [1.82, 2.24) is 0 Å². The van der Waals surface area contributed by atoms with E-state index in [0.29, 0.717) is 0 Å². The minimum Gasteiger partial charge on any atom is -0.478 e. The number of aromatic carboxylic acids is 1. The van der Waals surface area contributed by atoms with E-state index in [1.165, 1.54) is 12.1 Å². The molecule has 7 heteroatoms. The normalized spacial score (nSPS) is 11.4. The van der Waals surface area contributed by atoms with Gasteiger partial charge in [-0.25, -0.2) is 17.6 Å². The van der Waals surface area contributed by atoms with E-state index in [1.807, 2.05) is 0 Å². The summed E-state index contributed by atoms with van der Waals surface area (Å²) in [5.74, 6) is -1.89. The zero-order chi connectivity index (χ0) is 12.3. The molecule has 1 aromatic carbocycles. The molecule has 0 radical (unpaired) electrons. The molecule has 0 aromatic heterocycles. The summed E-state index contributed by atoms with van der Waals surface area (Å²) < 4.78 is 35.4. The van der Waals surface area contributed by atoms with Crippen LogP contribution in [-0.4, -0.2) is 31.9 Å². The Balaban J connectivity index is 3.33. The van der Waals surface area contributed by atoms with Crippen molar-refractivity contribution in [3.8, 4) is 0 Å². The number of sulfone groups is 1. The number of halogens is 2. The van der Waals surface area contributed by atoms with E-state index in [0.717, 1.165) is 6.07 Å². The summed E-state index contributed by atoms with van der Waals surface area (Å²) in [5, 5.41) is 8.71. The van der Waals surface area contributed by atoms with E-state index in [4.69, 9.17) is 5.11 Å². The zero-order valence-electron chi connectivity index (χ0n) is 7.98. The molecule has 0 aliphatic rings. The molecule has 0 saturated carbocycles. The monoisotopic (exact) mass is 310 g/mol. The Labute approximate surface area is 100 Å². The molecule has 0 amide bonds. The molecule has 4 nitrogen and oxygen atoms in total. The quantitative estimate of drug-likeness (QED) is 0.922. The summed E-state index contributed by atoms with van der Waals surface area (Å²) in [5.41, 5.74) is -0.152. The Kier molecular flexibility index (Phi) is 4.03. The van der Waals surface area contributed by atoms with Crippen molar-refractivity contribution in [2.24, 2.45) is 0 Å². The van der Waals surface area contributed by atoms with E-state index in [1.54, 1.807) is 0 Å². The van der Waals surface area contributed by atoms with Crippen LogP contribution in [0.3, 0.4) is 0 Å². The van der Waals surface area contributed by atoms with E-state index < -0.39 is 28.2 Å². The molecule has 0 heterocycles. The SMILES string of the molecule is O=C(O)c1ccc(Br)c(S(=O)(=O)CCF)c1. The summed E-state index contributed by atoms with van der Waals surface area (Å²) in [7, 11) is -3.78. The molecule has 0 bridgehead atoms. The first-order valence-electron chi connectivity index (χ1n) is 4.20. The molecule has 1 rings (SSSR count). The molecule has 0 fully saturated rings. The van der Waals surface area contributed by atoms with Crippen LogP contribution in [0.4, 0.5) is 4.39 Å². The van der Waals surface area contributed by atoms with Crippen LogP contribution < -0.4 is 0 Å². The number of benzene rings is 1. The van der Waals surface area contributed by atoms with Gasteiger partial charge in [-0.2, -0.15) is 0 Å². The second kappa shape index (κ2) is 4.92. The maximum absolute atomic E-state index is 12.1.